The average Bonchev–Trinajstić information content (AvgIpc) is 3.11. The van der Waals surface area contributed by atoms with Crippen LogP contribution in [0, 0.1) is 0 Å². The van der Waals surface area contributed by atoms with E-state index >= 15 is 0 Å². The Kier molecular flexibility index (Phi) is 10.7. The molecule has 3 rings (SSSR count). The molecule has 1 fully saturated rings. The maximum atomic E-state index is 13.0. The molecule has 5 N–H and O–H groups in total. The molecule has 4 amide bonds. The Morgan fingerprint density at radius 1 is 1.03 bits per heavy atom. The summed E-state index contributed by atoms with van der Waals surface area (Å²) in [6, 6.07) is 3.46. The highest BCUT2D eigenvalue weighted by Gasteiger charge is 2.46. The number of nitrogens with zero attached hydrogens (tertiary/aromatic N) is 1. The van der Waals surface area contributed by atoms with Crippen molar-refractivity contribution < 1.29 is 43.2 Å². The largest absolute Gasteiger partial charge is 0.489 e. The molecule has 2 heterocycles. The van der Waals surface area contributed by atoms with Gasteiger partial charge in [-0.15, -0.1) is 0 Å². The van der Waals surface area contributed by atoms with Crippen molar-refractivity contribution in [1.29, 1.82) is 0 Å². The Labute approximate surface area is 208 Å². The van der Waals surface area contributed by atoms with Gasteiger partial charge in [-0.1, -0.05) is 6.07 Å². The third kappa shape index (κ3) is 7.29. The monoisotopic (exact) mass is 508 g/mol. The fourth-order valence-corrected chi connectivity index (χ4v) is 3.75. The first-order chi connectivity index (χ1) is 17.4. The van der Waals surface area contributed by atoms with Crippen molar-refractivity contribution in [1.82, 2.24) is 15.5 Å². The first kappa shape index (κ1) is 27.6. The molecule has 1 saturated heterocycles. The van der Waals surface area contributed by atoms with Crippen LogP contribution in [0.4, 0.5) is 0 Å². The van der Waals surface area contributed by atoms with Crippen molar-refractivity contribution in [2.75, 3.05) is 59.3 Å². The highest BCUT2D eigenvalue weighted by molar-refractivity contribution is 6.24. The summed E-state index contributed by atoms with van der Waals surface area (Å²) in [6.45, 7) is 3.20. The van der Waals surface area contributed by atoms with Crippen LogP contribution in [0.3, 0.4) is 0 Å². The van der Waals surface area contributed by atoms with Crippen LogP contribution in [-0.2, 0) is 23.8 Å². The average molecular weight is 509 g/mol. The minimum Gasteiger partial charge on any atom is -0.489 e. The fraction of sp³-hybridized carbons (Fsp3) is 0.565. The van der Waals surface area contributed by atoms with Gasteiger partial charge in [-0.25, -0.2) is 0 Å². The van der Waals surface area contributed by atoms with Crippen molar-refractivity contribution in [3.05, 3.63) is 29.3 Å². The molecule has 13 heteroatoms. The standard InChI is InChI=1S/C23H32N4O9/c24-6-8-33-10-12-35-13-11-34-9-7-25-19(29)14-36-17-3-1-2-15-20(17)23(32)27(22(15)31)16-4-5-18(28)26-21(16)30/h1-3,16,19,25,29H,4-14,24H2,(H,26,28,30). The van der Waals surface area contributed by atoms with Crippen LogP contribution >= 0.6 is 0 Å². The predicted molar refractivity (Wildman–Crippen MR) is 124 cm³/mol. The van der Waals surface area contributed by atoms with Crippen molar-refractivity contribution in [3.8, 4) is 5.75 Å². The second kappa shape index (κ2) is 14.0. The summed E-state index contributed by atoms with van der Waals surface area (Å²) in [7, 11) is 0. The summed E-state index contributed by atoms with van der Waals surface area (Å²) in [4.78, 5) is 50.4. The molecule has 13 nitrogen and oxygen atoms in total. The zero-order valence-corrected chi connectivity index (χ0v) is 19.9. The van der Waals surface area contributed by atoms with E-state index in [-0.39, 0.29) is 36.3 Å². The van der Waals surface area contributed by atoms with E-state index in [1.54, 1.807) is 6.07 Å². The SMILES string of the molecule is NCCOCCOCCOCCNC(O)COc1cccc2c1C(=O)N(C1CCC(=O)NC1=O)C2=O. The molecule has 0 aromatic heterocycles. The molecule has 0 aliphatic carbocycles. The van der Waals surface area contributed by atoms with Gasteiger partial charge in [-0.05, 0) is 18.6 Å². The number of nitrogens with one attached hydrogen (secondary N) is 2. The summed E-state index contributed by atoms with van der Waals surface area (Å²) in [6.07, 6.45) is -0.961. The number of benzene rings is 1. The maximum Gasteiger partial charge on any atom is 0.266 e. The third-order valence-electron chi connectivity index (χ3n) is 5.46. The Hall–Kier alpha value is -2.94. The smallest absolute Gasteiger partial charge is 0.266 e. The quantitative estimate of drug-likeness (QED) is 0.115. The zero-order valence-electron chi connectivity index (χ0n) is 19.9. The van der Waals surface area contributed by atoms with Crippen LogP contribution in [0.1, 0.15) is 33.6 Å². The summed E-state index contributed by atoms with van der Waals surface area (Å²) < 4.78 is 21.5. The number of rotatable bonds is 16. The van der Waals surface area contributed by atoms with Crippen LogP contribution in [0.25, 0.3) is 0 Å². The van der Waals surface area contributed by atoms with Gasteiger partial charge in [0.05, 0.1) is 50.8 Å². The van der Waals surface area contributed by atoms with Gasteiger partial charge < -0.3 is 29.8 Å². The molecule has 2 atom stereocenters. The van der Waals surface area contributed by atoms with Crippen LogP contribution < -0.4 is 21.1 Å². The van der Waals surface area contributed by atoms with E-state index in [9.17, 15) is 24.3 Å². The molecule has 0 spiro atoms. The van der Waals surface area contributed by atoms with E-state index in [0.717, 1.165) is 4.90 Å². The molecule has 2 aliphatic rings. The van der Waals surface area contributed by atoms with Crippen molar-refractivity contribution in [2.45, 2.75) is 25.1 Å². The van der Waals surface area contributed by atoms with Gasteiger partial charge >= 0.3 is 0 Å². The number of amides is 4. The zero-order chi connectivity index (χ0) is 25.9. The number of aliphatic hydroxyl groups excluding tert-OH is 1. The first-order valence-corrected chi connectivity index (χ1v) is 11.8. The van der Waals surface area contributed by atoms with Crippen LogP contribution in [-0.4, -0.2) is 105 Å². The summed E-state index contributed by atoms with van der Waals surface area (Å²) >= 11 is 0. The van der Waals surface area contributed by atoms with E-state index < -0.39 is 35.9 Å². The van der Waals surface area contributed by atoms with Gasteiger partial charge in [0.15, 0.2) is 0 Å². The number of ether oxygens (including phenoxy) is 4. The maximum absolute atomic E-state index is 13.0. The number of aliphatic hydroxyl groups is 1. The minimum absolute atomic E-state index is 0.0242. The van der Waals surface area contributed by atoms with Crippen molar-refractivity contribution in [2.24, 2.45) is 5.73 Å². The number of hydrogen-bond acceptors (Lipinski definition) is 11. The van der Waals surface area contributed by atoms with Crippen LogP contribution in [0.5, 0.6) is 5.75 Å². The summed E-state index contributed by atoms with van der Waals surface area (Å²) in [5.41, 5.74) is 5.44. The lowest BCUT2D eigenvalue weighted by molar-refractivity contribution is -0.136. The van der Waals surface area contributed by atoms with Gasteiger partial charge in [0.2, 0.25) is 11.8 Å². The van der Waals surface area contributed by atoms with Gasteiger partial charge in [0, 0.05) is 19.5 Å². The van der Waals surface area contributed by atoms with E-state index in [0.29, 0.717) is 52.7 Å². The molecule has 2 aliphatic heterocycles. The topological polar surface area (TPSA) is 179 Å². The lowest BCUT2D eigenvalue weighted by Gasteiger charge is -2.27. The lowest BCUT2D eigenvalue weighted by Crippen LogP contribution is -2.54. The minimum atomic E-state index is -1.06. The van der Waals surface area contributed by atoms with Crippen LogP contribution in [0.15, 0.2) is 18.2 Å². The van der Waals surface area contributed by atoms with Crippen LogP contribution in [0.2, 0.25) is 0 Å². The molecular weight excluding hydrogens is 476 g/mol. The molecular formula is C23H32N4O9. The number of carbonyl (C=O) groups excluding carboxylic acids is 4. The highest BCUT2D eigenvalue weighted by Crippen LogP contribution is 2.33. The first-order valence-electron chi connectivity index (χ1n) is 11.8. The summed E-state index contributed by atoms with van der Waals surface area (Å²) in [5.74, 6) is -2.32. The molecule has 0 saturated carbocycles. The second-order valence-corrected chi connectivity index (χ2v) is 8.03. The third-order valence-corrected chi connectivity index (χ3v) is 5.46. The Bertz CT molecular complexity index is 942. The highest BCUT2D eigenvalue weighted by atomic mass is 16.5. The molecule has 2 unspecified atom stereocenters. The van der Waals surface area contributed by atoms with Crippen molar-refractivity contribution >= 4 is 23.6 Å². The number of nitrogens with two attached hydrogens (primary N) is 1. The van der Waals surface area contributed by atoms with Gasteiger partial charge in [0.1, 0.15) is 24.6 Å². The molecule has 0 bridgehead atoms. The predicted octanol–water partition coefficient (Wildman–Crippen LogP) is -1.62. The number of piperidine rings is 1. The Morgan fingerprint density at radius 2 is 1.72 bits per heavy atom. The molecule has 1 aromatic rings. The normalized spacial score (nSPS) is 18.4. The van der Waals surface area contributed by atoms with Gasteiger partial charge in [-0.2, -0.15) is 0 Å². The van der Waals surface area contributed by atoms with Gasteiger partial charge in [0.25, 0.3) is 11.8 Å². The van der Waals surface area contributed by atoms with E-state index in [2.05, 4.69) is 10.6 Å². The number of fused-ring (bicyclic) bond motifs is 1. The number of carbonyl (C=O) groups is 4. The Morgan fingerprint density at radius 3 is 2.42 bits per heavy atom. The van der Waals surface area contributed by atoms with E-state index in [4.69, 9.17) is 24.7 Å². The Balaban J connectivity index is 1.40. The van der Waals surface area contributed by atoms with Gasteiger partial charge in [-0.3, -0.25) is 34.7 Å². The van der Waals surface area contributed by atoms with Crippen molar-refractivity contribution in [3.63, 3.8) is 0 Å². The van der Waals surface area contributed by atoms with E-state index in [1.807, 2.05) is 0 Å². The molecule has 0 radical (unpaired) electrons. The second-order valence-electron chi connectivity index (χ2n) is 8.03. The van der Waals surface area contributed by atoms with E-state index in [1.165, 1.54) is 12.1 Å². The number of imide groups is 2. The molecule has 1 aromatic carbocycles. The molecule has 36 heavy (non-hydrogen) atoms. The lowest BCUT2D eigenvalue weighted by atomic mass is 10.0. The fourth-order valence-electron chi connectivity index (χ4n) is 3.75. The molecule has 198 valence electrons. The summed E-state index contributed by atoms with van der Waals surface area (Å²) in [5, 5.41) is 15.1. The number of hydrogen-bond donors (Lipinski definition) is 4.